The first kappa shape index (κ1) is 18.5. The van der Waals surface area contributed by atoms with Gasteiger partial charge in [0.25, 0.3) is 0 Å². The van der Waals surface area contributed by atoms with E-state index in [9.17, 15) is 9.59 Å². The minimum atomic E-state index is -1.29. The van der Waals surface area contributed by atoms with Crippen LogP contribution < -0.4 is 10.1 Å². The van der Waals surface area contributed by atoms with Crippen molar-refractivity contribution in [3.63, 3.8) is 0 Å². The van der Waals surface area contributed by atoms with Crippen LogP contribution in [0, 0.1) is 0 Å². The van der Waals surface area contributed by atoms with Crippen molar-refractivity contribution < 1.29 is 23.8 Å². The second-order valence-corrected chi connectivity index (χ2v) is 6.78. The van der Waals surface area contributed by atoms with Crippen LogP contribution in [0.2, 0.25) is 0 Å². The summed E-state index contributed by atoms with van der Waals surface area (Å²) in [5, 5.41) is 12.9. The first-order valence-electron chi connectivity index (χ1n) is 8.62. The summed E-state index contributed by atoms with van der Waals surface area (Å²) in [6, 6.07) is 14.4. The molecule has 6 nitrogen and oxygen atoms in total. The summed E-state index contributed by atoms with van der Waals surface area (Å²) in [7, 11) is 0. The number of carboxylic acids is 1. The largest absolute Gasteiger partial charge is 0.478 e. The summed E-state index contributed by atoms with van der Waals surface area (Å²) in [4.78, 5) is 23.3. The van der Waals surface area contributed by atoms with Gasteiger partial charge in [0.1, 0.15) is 11.3 Å². The molecule has 2 N–H and O–H groups in total. The lowest BCUT2D eigenvalue weighted by molar-refractivity contribution is -0.152. The molecule has 1 aromatic heterocycles. The summed E-state index contributed by atoms with van der Waals surface area (Å²) in [6.45, 7) is 2.99. The summed E-state index contributed by atoms with van der Waals surface area (Å²) in [5.74, 6) is -0.633. The fourth-order valence-corrected chi connectivity index (χ4v) is 2.59. The van der Waals surface area contributed by atoms with Crippen molar-refractivity contribution in [3.05, 3.63) is 60.4 Å². The number of hydrogen-bond donors (Lipinski definition) is 2. The lowest BCUT2D eigenvalue weighted by atomic mass is 10.1. The number of benzene rings is 2. The molecule has 0 atom stereocenters. The zero-order chi connectivity index (χ0) is 19.4. The quantitative estimate of drug-likeness (QED) is 0.652. The Bertz CT molecular complexity index is 956. The highest BCUT2D eigenvalue weighted by Gasteiger charge is 2.29. The number of carbonyl (C=O) groups is 2. The highest BCUT2D eigenvalue weighted by molar-refractivity contribution is 5.93. The van der Waals surface area contributed by atoms with E-state index in [0.717, 1.165) is 22.2 Å². The summed E-state index contributed by atoms with van der Waals surface area (Å²) in [6.07, 6.45) is 2.52. The lowest BCUT2D eigenvalue weighted by Gasteiger charge is -2.21. The van der Waals surface area contributed by atoms with Gasteiger partial charge in [-0.2, -0.15) is 0 Å². The minimum Gasteiger partial charge on any atom is -0.478 e. The van der Waals surface area contributed by atoms with Crippen molar-refractivity contribution >= 4 is 28.5 Å². The number of carbonyl (C=O) groups excluding carboxylic acids is 1. The lowest BCUT2D eigenvalue weighted by Crippen LogP contribution is -2.37. The molecule has 1 heterocycles. The second-order valence-electron chi connectivity index (χ2n) is 6.78. The summed E-state index contributed by atoms with van der Waals surface area (Å²) < 4.78 is 10.7. The smallest absolute Gasteiger partial charge is 0.347 e. The first-order chi connectivity index (χ1) is 12.8. The number of aryl methyl sites for hydroxylation is 1. The molecule has 0 saturated heterocycles. The Morgan fingerprint density at radius 1 is 1.11 bits per heavy atom. The maximum Gasteiger partial charge on any atom is 0.347 e. The van der Waals surface area contributed by atoms with E-state index in [1.165, 1.54) is 13.8 Å². The van der Waals surface area contributed by atoms with Crippen LogP contribution in [-0.4, -0.2) is 22.6 Å². The number of carboxylic acid groups (broad SMARTS) is 1. The number of hydrogen-bond acceptors (Lipinski definition) is 4. The SMILES string of the molecule is CC(C)(Oc1ccc(CCC(=O)Nc2ccc3occc3c2)cc1)C(=O)O. The molecule has 0 unspecified atom stereocenters. The fraction of sp³-hybridized carbons (Fsp3) is 0.238. The van der Waals surface area contributed by atoms with Crippen molar-refractivity contribution in [2.45, 2.75) is 32.3 Å². The molecule has 0 aliphatic rings. The van der Waals surface area contributed by atoms with Crippen LogP contribution >= 0.6 is 0 Å². The number of rotatable bonds is 7. The third-order valence-electron chi connectivity index (χ3n) is 4.19. The molecule has 0 bridgehead atoms. The van der Waals surface area contributed by atoms with E-state index < -0.39 is 11.6 Å². The van der Waals surface area contributed by atoms with Crippen LogP contribution in [0.3, 0.4) is 0 Å². The third kappa shape index (κ3) is 4.67. The van der Waals surface area contributed by atoms with Gasteiger partial charge < -0.3 is 19.6 Å². The maximum absolute atomic E-state index is 12.2. The highest BCUT2D eigenvalue weighted by Crippen LogP contribution is 2.21. The normalized spacial score (nSPS) is 11.3. The first-order valence-corrected chi connectivity index (χ1v) is 8.62. The molecule has 3 aromatic rings. The Hall–Kier alpha value is -3.28. The van der Waals surface area contributed by atoms with Gasteiger partial charge in [-0.1, -0.05) is 12.1 Å². The Labute approximate surface area is 156 Å². The average molecular weight is 367 g/mol. The number of fused-ring (bicyclic) bond motifs is 1. The molecule has 0 aliphatic heterocycles. The zero-order valence-electron chi connectivity index (χ0n) is 15.2. The molecule has 0 saturated carbocycles. The highest BCUT2D eigenvalue weighted by atomic mass is 16.5. The Balaban J connectivity index is 1.53. The molecule has 3 rings (SSSR count). The topological polar surface area (TPSA) is 88.8 Å². The van der Waals surface area contributed by atoms with Gasteiger partial charge in [-0.05, 0) is 62.2 Å². The Morgan fingerprint density at radius 3 is 2.56 bits per heavy atom. The molecule has 0 radical (unpaired) electrons. The van der Waals surface area contributed by atoms with Crippen LogP contribution in [0.4, 0.5) is 5.69 Å². The average Bonchev–Trinajstić information content (AvgIpc) is 3.08. The predicted octanol–water partition coefficient (Wildman–Crippen LogP) is 4.25. The van der Waals surface area contributed by atoms with E-state index >= 15 is 0 Å². The molecular formula is C21H21NO5. The summed E-state index contributed by atoms with van der Waals surface area (Å²) >= 11 is 0. The second kappa shape index (κ2) is 7.53. The van der Waals surface area contributed by atoms with Crippen molar-refractivity contribution in [3.8, 4) is 5.75 Å². The molecule has 1 amide bonds. The van der Waals surface area contributed by atoms with Crippen molar-refractivity contribution in [2.24, 2.45) is 0 Å². The van der Waals surface area contributed by atoms with Crippen LogP contribution in [0.1, 0.15) is 25.8 Å². The van der Waals surface area contributed by atoms with E-state index in [1.807, 2.05) is 30.3 Å². The molecule has 2 aromatic carbocycles. The molecule has 6 heteroatoms. The van der Waals surface area contributed by atoms with E-state index in [1.54, 1.807) is 24.5 Å². The van der Waals surface area contributed by atoms with Crippen LogP contribution in [0.15, 0.2) is 59.2 Å². The number of amides is 1. The van der Waals surface area contributed by atoms with E-state index in [2.05, 4.69) is 5.32 Å². The van der Waals surface area contributed by atoms with Gasteiger partial charge in [0.05, 0.1) is 6.26 Å². The van der Waals surface area contributed by atoms with Gasteiger partial charge >= 0.3 is 5.97 Å². The van der Waals surface area contributed by atoms with Gasteiger partial charge in [0.2, 0.25) is 5.91 Å². The fourth-order valence-electron chi connectivity index (χ4n) is 2.59. The molecule has 0 fully saturated rings. The monoisotopic (exact) mass is 367 g/mol. The van der Waals surface area contributed by atoms with Crippen molar-refractivity contribution in [2.75, 3.05) is 5.32 Å². The van der Waals surface area contributed by atoms with E-state index in [4.69, 9.17) is 14.3 Å². The summed E-state index contributed by atoms with van der Waals surface area (Å²) in [5.41, 5.74) is 1.18. The van der Waals surface area contributed by atoms with Crippen molar-refractivity contribution in [1.29, 1.82) is 0 Å². The molecule has 27 heavy (non-hydrogen) atoms. The van der Waals surface area contributed by atoms with Gasteiger partial charge in [-0.15, -0.1) is 0 Å². The van der Waals surface area contributed by atoms with E-state index in [-0.39, 0.29) is 5.91 Å². The predicted molar refractivity (Wildman–Crippen MR) is 102 cm³/mol. The molecule has 140 valence electrons. The Morgan fingerprint density at radius 2 is 1.85 bits per heavy atom. The van der Waals surface area contributed by atoms with Crippen LogP contribution in [0.25, 0.3) is 11.0 Å². The molecular weight excluding hydrogens is 346 g/mol. The minimum absolute atomic E-state index is 0.0785. The van der Waals surface area contributed by atoms with Gasteiger partial charge in [0, 0.05) is 17.5 Å². The number of ether oxygens (including phenoxy) is 1. The molecule has 0 spiro atoms. The van der Waals surface area contributed by atoms with Crippen LogP contribution in [-0.2, 0) is 16.0 Å². The van der Waals surface area contributed by atoms with Gasteiger partial charge in [0.15, 0.2) is 5.60 Å². The van der Waals surface area contributed by atoms with Crippen molar-refractivity contribution in [1.82, 2.24) is 0 Å². The van der Waals surface area contributed by atoms with Gasteiger partial charge in [-0.3, -0.25) is 4.79 Å². The number of anilines is 1. The standard InChI is InChI=1S/C21H21NO5/c1-21(2,20(24)25)27-17-7-3-14(4-8-17)5-10-19(23)22-16-6-9-18-15(13-16)11-12-26-18/h3-4,6-9,11-13H,5,10H2,1-2H3,(H,22,23)(H,24,25). The number of aliphatic carboxylic acids is 1. The van der Waals surface area contributed by atoms with Gasteiger partial charge in [-0.25, -0.2) is 4.79 Å². The van der Waals surface area contributed by atoms with Crippen LogP contribution in [0.5, 0.6) is 5.75 Å². The number of furan rings is 1. The maximum atomic E-state index is 12.2. The third-order valence-corrected chi connectivity index (χ3v) is 4.19. The Kier molecular flexibility index (Phi) is 5.16. The molecule has 0 aliphatic carbocycles. The number of nitrogens with one attached hydrogen (secondary N) is 1. The van der Waals surface area contributed by atoms with E-state index in [0.29, 0.717) is 18.6 Å². The zero-order valence-corrected chi connectivity index (χ0v) is 15.2.